The lowest BCUT2D eigenvalue weighted by Gasteiger charge is -2.47. The molecule has 1 aromatic rings. The first-order valence-electron chi connectivity index (χ1n) is 14.8. The Morgan fingerprint density at radius 2 is 1.63 bits per heavy atom. The van der Waals surface area contributed by atoms with E-state index in [1.807, 2.05) is 18.7 Å². The van der Waals surface area contributed by atoms with Crippen molar-refractivity contribution in [3.63, 3.8) is 0 Å². The summed E-state index contributed by atoms with van der Waals surface area (Å²) in [5.74, 6) is 0.601. The van der Waals surface area contributed by atoms with Gasteiger partial charge in [0.25, 0.3) is 5.91 Å². The fourth-order valence-corrected chi connectivity index (χ4v) is 6.35. The number of hydrogen-bond acceptors (Lipinski definition) is 5. The lowest BCUT2D eigenvalue weighted by molar-refractivity contribution is -0.0610. The van der Waals surface area contributed by atoms with Gasteiger partial charge in [-0.2, -0.15) is 0 Å². The number of ether oxygens (including phenoxy) is 1. The van der Waals surface area contributed by atoms with Crippen LogP contribution in [0.2, 0.25) is 0 Å². The first kappa shape index (κ1) is 30.2. The van der Waals surface area contributed by atoms with E-state index < -0.39 is 0 Å². The van der Waals surface area contributed by atoms with Crippen molar-refractivity contribution in [1.82, 2.24) is 9.80 Å². The van der Waals surface area contributed by atoms with Gasteiger partial charge < -0.3 is 21.1 Å². The van der Waals surface area contributed by atoms with Crippen LogP contribution < -0.4 is 11.5 Å². The van der Waals surface area contributed by atoms with E-state index >= 15 is 0 Å². The number of anilines is 2. The molecule has 3 heterocycles. The Bertz CT molecular complexity index is 981. The van der Waals surface area contributed by atoms with Gasteiger partial charge in [0.2, 0.25) is 0 Å². The fourth-order valence-electron chi connectivity index (χ4n) is 6.35. The summed E-state index contributed by atoms with van der Waals surface area (Å²) >= 11 is 0. The number of likely N-dealkylation sites (tertiary alicyclic amines) is 2. The van der Waals surface area contributed by atoms with Crippen molar-refractivity contribution >= 4 is 17.3 Å². The molecule has 0 aliphatic carbocycles. The Morgan fingerprint density at radius 3 is 2.26 bits per heavy atom. The molecule has 6 heteroatoms. The largest absolute Gasteiger partial charge is 0.397 e. The van der Waals surface area contributed by atoms with E-state index in [-0.39, 0.29) is 17.6 Å². The number of hydrogen-bond donors (Lipinski definition) is 2. The average molecular weight is 525 g/mol. The van der Waals surface area contributed by atoms with E-state index in [4.69, 9.17) is 16.2 Å². The normalized spacial score (nSPS) is 27.9. The van der Waals surface area contributed by atoms with E-state index in [9.17, 15) is 4.79 Å². The lowest BCUT2D eigenvalue weighted by atomic mass is 9.71. The third-order valence-electron chi connectivity index (χ3n) is 8.58. The highest BCUT2D eigenvalue weighted by Crippen LogP contribution is 2.42. The summed E-state index contributed by atoms with van der Waals surface area (Å²) < 4.78 is 6.55. The molecule has 2 fully saturated rings. The molecule has 212 valence electrons. The van der Waals surface area contributed by atoms with Gasteiger partial charge >= 0.3 is 0 Å². The number of nitrogens with zero attached hydrogens (tertiary/aromatic N) is 2. The van der Waals surface area contributed by atoms with Crippen LogP contribution in [0.25, 0.3) is 0 Å². The number of amides is 1. The summed E-state index contributed by atoms with van der Waals surface area (Å²) in [4.78, 5) is 17.6. The van der Waals surface area contributed by atoms with Gasteiger partial charge in [-0.05, 0) is 107 Å². The zero-order valence-corrected chi connectivity index (χ0v) is 24.8. The van der Waals surface area contributed by atoms with Gasteiger partial charge in [-0.25, -0.2) is 0 Å². The predicted octanol–water partition coefficient (Wildman–Crippen LogP) is 6.29. The van der Waals surface area contributed by atoms with Crippen LogP contribution >= 0.6 is 0 Å². The summed E-state index contributed by atoms with van der Waals surface area (Å²) in [6.45, 7) is 17.8. The molecule has 4 N–H and O–H groups in total. The van der Waals surface area contributed by atoms with Gasteiger partial charge in [-0.15, -0.1) is 0 Å². The molecule has 2 unspecified atom stereocenters. The van der Waals surface area contributed by atoms with Crippen molar-refractivity contribution in [2.75, 3.05) is 44.2 Å². The van der Waals surface area contributed by atoms with Crippen LogP contribution in [-0.4, -0.2) is 60.1 Å². The monoisotopic (exact) mass is 524 g/mol. The van der Waals surface area contributed by atoms with Crippen molar-refractivity contribution in [3.8, 4) is 0 Å². The summed E-state index contributed by atoms with van der Waals surface area (Å²) in [6, 6.07) is 5.21. The molecular weight excluding hydrogens is 472 g/mol. The SMILES string of the molecule is CC.CC1/C=C\C/C=C(/CN2CCC3(CC2)CCN(C(=O)c2ccc(N)c(N)c2)CC3)C(C)OC(C)(C)C1. The first-order valence-corrected chi connectivity index (χ1v) is 14.8. The zero-order valence-electron chi connectivity index (χ0n) is 24.8. The Kier molecular flexibility index (Phi) is 10.5. The van der Waals surface area contributed by atoms with Crippen molar-refractivity contribution in [2.45, 2.75) is 91.8 Å². The topological polar surface area (TPSA) is 84.8 Å². The highest BCUT2D eigenvalue weighted by molar-refractivity contribution is 5.96. The molecule has 3 aliphatic heterocycles. The number of carbonyl (C=O) groups is 1. The summed E-state index contributed by atoms with van der Waals surface area (Å²) in [5.41, 5.74) is 15.0. The summed E-state index contributed by atoms with van der Waals surface area (Å²) in [6.07, 6.45) is 13.8. The second-order valence-electron chi connectivity index (χ2n) is 12.1. The maximum atomic E-state index is 13.0. The van der Waals surface area contributed by atoms with Crippen LogP contribution in [-0.2, 0) is 4.74 Å². The molecule has 0 saturated carbocycles. The van der Waals surface area contributed by atoms with Gasteiger partial charge in [0, 0.05) is 25.2 Å². The minimum atomic E-state index is -0.130. The smallest absolute Gasteiger partial charge is 0.253 e. The Labute approximate surface area is 231 Å². The number of nitrogen functional groups attached to an aromatic ring is 2. The number of nitrogens with two attached hydrogens (primary N) is 2. The van der Waals surface area contributed by atoms with Crippen LogP contribution in [0.4, 0.5) is 11.4 Å². The molecule has 3 aliphatic rings. The number of benzene rings is 1. The van der Waals surface area contributed by atoms with Crippen molar-refractivity contribution in [1.29, 1.82) is 0 Å². The van der Waals surface area contributed by atoms with Crippen LogP contribution in [0.3, 0.4) is 0 Å². The zero-order chi connectivity index (χ0) is 27.9. The number of allylic oxidation sites excluding steroid dienone is 3. The molecule has 1 aromatic carbocycles. The standard InChI is InChI=1S/C30H46N4O2.C2H6/c1-22-7-5-6-8-25(23(2)36-29(3,4)20-22)21-33-15-11-30(12-16-33)13-17-34(18-14-30)28(35)24-9-10-26(31)27(32)19-24;1-2/h5,7-10,19,22-23H,6,11-18,20-21,31-32H2,1-4H3;1-2H3/b7-5-,25-8-;. The number of rotatable bonds is 3. The van der Waals surface area contributed by atoms with Crippen molar-refractivity contribution in [2.24, 2.45) is 11.3 Å². The van der Waals surface area contributed by atoms with E-state index in [0.29, 0.717) is 28.3 Å². The minimum Gasteiger partial charge on any atom is -0.397 e. The van der Waals surface area contributed by atoms with Gasteiger partial charge in [0.15, 0.2) is 0 Å². The van der Waals surface area contributed by atoms with E-state index in [0.717, 1.165) is 58.4 Å². The average Bonchev–Trinajstić information content (AvgIpc) is 2.89. The molecular formula is C32H52N4O2. The molecule has 0 aromatic heterocycles. The molecule has 6 nitrogen and oxygen atoms in total. The second-order valence-corrected chi connectivity index (χ2v) is 12.1. The van der Waals surface area contributed by atoms with Crippen molar-refractivity contribution in [3.05, 3.63) is 47.6 Å². The summed E-state index contributed by atoms with van der Waals surface area (Å²) in [7, 11) is 0. The molecule has 0 bridgehead atoms. The molecule has 38 heavy (non-hydrogen) atoms. The number of piperidine rings is 2. The highest BCUT2D eigenvalue weighted by Gasteiger charge is 2.39. The second kappa shape index (κ2) is 13.2. The van der Waals surface area contributed by atoms with Crippen LogP contribution in [0.15, 0.2) is 42.0 Å². The predicted molar refractivity (Wildman–Crippen MR) is 160 cm³/mol. The van der Waals surface area contributed by atoms with Crippen LogP contribution in [0.1, 0.15) is 90.4 Å². The molecule has 2 saturated heterocycles. The van der Waals surface area contributed by atoms with E-state index in [2.05, 4.69) is 50.8 Å². The summed E-state index contributed by atoms with van der Waals surface area (Å²) in [5, 5.41) is 0. The quantitative estimate of drug-likeness (QED) is 0.358. The van der Waals surface area contributed by atoms with E-state index in [1.165, 1.54) is 18.4 Å². The van der Waals surface area contributed by atoms with E-state index in [1.54, 1.807) is 18.2 Å². The van der Waals surface area contributed by atoms with Gasteiger partial charge in [0.05, 0.1) is 23.1 Å². The fraction of sp³-hybridized carbons (Fsp3) is 0.656. The lowest BCUT2D eigenvalue weighted by Crippen LogP contribution is -2.48. The number of carbonyl (C=O) groups excluding carboxylic acids is 1. The van der Waals surface area contributed by atoms with Crippen LogP contribution in [0, 0.1) is 11.3 Å². The molecule has 4 rings (SSSR count). The Hall–Kier alpha value is -2.31. The molecule has 1 spiro atoms. The Balaban J connectivity index is 0.00000195. The Morgan fingerprint density at radius 1 is 1.00 bits per heavy atom. The maximum absolute atomic E-state index is 13.0. The maximum Gasteiger partial charge on any atom is 0.253 e. The van der Waals surface area contributed by atoms with Gasteiger partial charge in [-0.1, -0.05) is 39.0 Å². The molecule has 1 amide bonds. The van der Waals surface area contributed by atoms with Gasteiger partial charge in [-0.3, -0.25) is 9.69 Å². The highest BCUT2D eigenvalue weighted by atomic mass is 16.5. The molecule has 2 atom stereocenters. The third-order valence-corrected chi connectivity index (χ3v) is 8.58. The van der Waals surface area contributed by atoms with Crippen LogP contribution in [0.5, 0.6) is 0 Å². The molecule has 0 radical (unpaired) electrons. The van der Waals surface area contributed by atoms with Gasteiger partial charge in [0.1, 0.15) is 0 Å². The van der Waals surface area contributed by atoms with Crippen molar-refractivity contribution < 1.29 is 9.53 Å². The third kappa shape index (κ3) is 7.86. The first-order chi connectivity index (χ1) is 18.1. The minimum absolute atomic E-state index is 0.0669.